The van der Waals surface area contributed by atoms with Gasteiger partial charge >= 0.3 is 12.1 Å². The number of carbonyl (C=O) groups is 4. The van der Waals surface area contributed by atoms with Crippen LogP contribution < -0.4 is 5.32 Å². The molecular formula is C35H42N4O6. The number of pyridine rings is 1. The maximum absolute atomic E-state index is 14.0. The summed E-state index contributed by atoms with van der Waals surface area (Å²) in [7, 11) is 0. The summed E-state index contributed by atoms with van der Waals surface area (Å²) in [6.45, 7) is 10.0. The van der Waals surface area contributed by atoms with E-state index in [1.807, 2.05) is 73.7 Å². The van der Waals surface area contributed by atoms with Crippen LogP contribution in [0.2, 0.25) is 0 Å². The molecule has 1 N–H and O–H groups in total. The van der Waals surface area contributed by atoms with Crippen LogP contribution in [0.1, 0.15) is 57.9 Å². The number of hydrogen-bond acceptors (Lipinski definition) is 7. The second-order valence-electron chi connectivity index (χ2n) is 12.0. The Bertz CT molecular complexity index is 1430. The van der Waals surface area contributed by atoms with Gasteiger partial charge in [-0.1, -0.05) is 60.7 Å². The third-order valence-corrected chi connectivity index (χ3v) is 7.33. The molecule has 1 fully saturated rings. The second-order valence-corrected chi connectivity index (χ2v) is 12.0. The van der Waals surface area contributed by atoms with Crippen molar-refractivity contribution < 1.29 is 28.7 Å². The first kappa shape index (κ1) is 33.2. The largest absolute Gasteiger partial charge is 0.460 e. The van der Waals surface area contributed by atoms with Gasteiger partial charge in [-0.05, 0) is 64.3 Å². The maximum Gasteiger partial charge on any atom is 0.409 e. The molecule has 2 aromatic carbocycles. The first-order chi connectivity index (χ1) is 21.4. The van der Waals surface area contributed by atoms with Gasteiger partial charge in [0, 0.05) is 37.7 Å². The highest BCUT2D eigenvalue weighted by molar-refractivity contribution is 5.98. The number of carbonyl (C=O) groups excluding carboxylic acids is 4. The summed E-state index contributed by atoms with van der Waals surface area (Å²) in [5.74, 6) is -1.35. The monoisotopic (exact) mass is 614 g/mol. The number of ether oxygens (including phenoxy) is 2. The second kappa shape index (κ2) is 14.8. The van der Waals surface area contributed by atoms with Crippen LogP contribution in [0.5, 0.6) is 0 Å². The van der Waals surface area contributed by atoms with E-state index in [4.69, 9.17) is 9.47 Å². The molecule has 0 saturated carbocycles. The molecule has 2 heterocycles. The zero-order chi connectivity index (χ0) is 32.6. The Morgan fingerprint density at radius 3 is 2.18 bits per heavy atom. The van der Waals surface area contributed by atoms with E-state index >= 15 is 0 Å². The maximum atomic E-state index is 14.0. The summed E-state index contributed by atoms with van der Waals surface area (Å²) in [5.41, 5.74) is 2.63. The third kappa shape index (κ3) is 9.14. The summed E-state index contributed by atoms with van der Waals surface area (Å²) >= 11 is 0. The summed E-state index contributed by atoms with van der Waals surface area (Å²) < 4.78 is 10.6. The molecule has 0 aliphatic carbocycles. The van der Waals surface area contributed by atoms with E-state index in [1.165, 1.54) is 0 Å². The minimum Gasteiger partial charge on any atom is -0.460 e. The van der Waals surface area contributed by atoms with Gasteiger partial charge in [0.05, 0.1) is 12.3 Å². The van der Waals surface area contributed by atoms with E-state index in [2.05, 4.69) is 10.3 Å². The van der Waals surface area contributed by atoms with Crippen molar-refractivity contribution in [2.45, 2.75) is 65.1 Å². The number of piperazine rings is 1. The zero-order valence-electron chi connectivity index (χ0n) is 26.6. The highest BCUT2D eigenvalue weighted by Gasteiger charge is 2.35. The van der Waals surface area contributed by atoms with Crippen LogP contribution in [0.4, 0.5) is 4.79 Å². The minimum atomic E-state index is -1.02. The Hall–Kier alpha value is -4.73. The number of esters is 1. The molecule has 3 aromatic rings. The van der Waals surface area contributed by atoms with Crippen LogP contribution in [-0.4, -0.2) is 82.6 Å². The fourth-order valence-electron chi connectivity index (χ4n) is 5.21. The van der Waals surface area contributed by atoms with Crippen molar-refractivity contribution in [1.82, 2.24) is 20.1 Å². The molecule has 238 valence electrons. The molecule has 10 nitrogen and oxygen atoms in total. The van der Waals surface area contributed by atoms with E-state index in [0.29, 0.717) is 18.8 Å². The van der Waals surface area contributed by atoms with Crippen LogP contribution in [-0.2, 0) is 19.1 Å². The first-order valence-corrected chi connectivity index (χ1v) is 15.3. The summed E-state index contributed by atoms with van der Waals surface area (Å²) in [5, 5.41) is 2.88. The molecule has 0 bridgehead atoms. The van der Waals surface area contributed by atoms with Gasteiger partial charge in [-0.25, -0.2) is 9.78 Å². The Kier molecular flexibility index (Phi) is 10.9. The normalized spacial score (nSPS) is 15.6. The van der Waals surface area contributed by atoms with Crippen LogP contribution in [0.15, 0.2) is 72.8 Å². The molecule has 3 amide bonds. The molecule has 2 atom stereocenters. The van der Waals surface area contributed by atoms with E-state index in [0.717, 1.165) is 16.7 Å². The van der Waals surface area contributed by atoms with Gasteiger partial charge in [0.15, 0.2) is 0 Å². The predicted molar refractivity (Wildman–Crippen MR) is 171 cm³/mol. The van der Waals surface area contributed by atoms with Crippen molar-refractivity contribution >= 4 is 23.9 Å². The highest BCUT2D eigenvalue weighted by Crippen LogP contribution is 2.26. The van der Waals surface area contributed by atoms with Gasteiger partial charge in [-0.15, -0.1) is 0 Å². The number of rotatable bonds is 9. The molecule has 0 radical (unpaired) electrons. The summed E-state index contributed by atoms with van der Waals surface area (Å²) in [6, 6.07) is 21.5. The fraction of sp³-hybridized carbons (Fsp3) is 0.400. The van der Waals surface area contributed by atoms with Gasteiger partial charge < -0.3 is 24.6 Å². The van der Waals surface area contributed by atoms with Gasteiger partial charge in [0.2, 0.25) is 5.91 Å². The molecule has 1 aromatic heterocycles. The Labute approximate surface area is 264 Å². The topological polar surface area (TPSA) is 118 Å². The lowest BCUT2D eigenvalue weighted by Gasteiger charge is -2.40. The van der Waals surface area contributed by atoms with Crippen molar-refractivity contribution in [2.75, 3.05) is 26.2 Å². The van der Waals surface area contributed by atoms with E-state index in [1.54, 1.807) is 43.6 Å². The average molecular weight is 615 g/mol. The number of benzene rings is 2. The molecule has 45 heavy (non-hydrogen) atoms. The van der Waals surface area contributed by atoms with Gasteiger partial charge in [0.1, 0.15) is 17.3 Å². The molecule has 1 unspecified atom stereocenters. The molecular weight excluding hydrogens is 572 g/mol. The first-order valence-electron chi connectivity index (χ1n) is 15.3. The lowest BCUT2D eigenvalue weighted by Crippen LogP contribution is -2.59. The molecule has 1 saturated heterocycles. The Morgan fingerprint density at radius 1 is 0.933 bits per heavy atom. The zero-order valence-corrected chi connectivity index (χ0v) is 26.6. The van der Waals surface area contributed by atoms with E-state index in [-0.39, 0.29) is 43.6 Å². The number of amides is 3. The van der Waals surface area contributed by atoms with E-state index < -0.39 is 29.6 Å². The SMILES string of the molecule is CCOC(=O)N1CCN(C(=O)[C@H](CCC(=O)OC(C)(C)C)NC(=O)c2cc(-c3ccccc3)cc(-c3ccccc3)n2)C(C)C1. The van der Waals surface area contributed by atoms with E-state index in [9.17, 15) is 19.2 Å². The van der Waals surface area contributed by atoms with Crippen molar-refractivity contribution in [3.63, 3.8) is 0 Å². The minimum absolute atomic E-state index is 0.0359. The summed E-state index contributed by atoms with van der Waals surface area (Å²) in [6.07, 6.45) is -0.462. The lowest BCUT2D eigenvalue weighted by molar-refractivity contribution is -0.155. The van der Waals surface area contributed by atoms with Crippen molar-refractivity contribution in [2.24, 2.45) is 0 Å². The van der Waals surface area contributed by atoms with Crippen LogP contribution >= 0.6 is 0 Å². The van der Waals surface area contributed by atoms with Crippen molar-refractivity contribution in [3.05, 3.63) is 78.5 Å². The van der Waals surface area contributed by atoms with Gasteiger partial charge in [0.25, 0.3) is 5.91 Å². The summed E-state index contributed by atoms with van der Waals surface area (Å²) in [4.78, 5) is 60.6. The Balaban J connectivity index is 1.61. The predicted octanol–water partition coefficient (Wildman–Crippen LogP) is 5.33. The fourth-order valence-corrected chi connectivity index (χ4v) is 5.21. The van der Waals surface area contributed by atoms with Gasteiger partial charge in [-0.2, -0.15) is 0 Å². The molecule has 1 aliphatic rings. The lowest BCUT2D eigenvalue weighted by atomic mass is 10.0. The van der Waals surface area contributed by atoms with Crippen molar-refractivity contribution in [3.8, 4) is 22.4 Å². The number of nitrogens with zero attached hydrogens (tertiary/aromatic N) is 3. The van der Waals surface area contributed by atoms with Crippen LogP contribution in [0.3, 0.4) is 0 Å². The van der Waals surface area contributed by atoms with Gasteiger partial charge in [-0.3, -0.25) is 14.4 Å². The molecule has 4 rings (SSSR count). The smallest absolute Gasteiger partial charge is 0.409 e. The number of nitrogens with one attached hydrogen (secondary N) is 1. The van der Waals surface area contributed by atoms with Crippen LogP contribution in [0.25, 0.3) is 22.4 Å². The molecule has 1 aliphatic heterocycles. The highest BCUT2D eigenvalue weighted by atomic mass is 16.6. The standard InChI is InChI=1S/C35H42N4O6/c1-6-44-34(43)38-19-20-39(24(2)23-38)33(42)28(17-18-31(40)45-35(3,4)5)37-32(41)30-22-27(25-13-9-7-10-14-25)21-29(36-30)26-15-11-8-12-16-26/h7-16,21-22,24,28H,6,17-20,23H2,1-5H3,(H,37,41)/t24?,28-/m0/s1. The van der Waals surface area contributed by atoms with Crippen molar-refractivity contribution in [1.29, 1.82) is 0 Å². The third-order valence-electron chi connectivity index (χ3n) is 7.33. The number of aromatic nitrogens is 1. The quantitative estimate of drug-likeness (QED) is 0.324. The average Bonchev–Trinajstić information content (AvgIpc) is 3.02. The molecule has 10 heteroatoms. The Morgan fingerprint density at radius 2 is 1.58 bits per heavy atom. The van der Waals surface area contributed by atoms with Crippen LogP contribution in [0, 0.1) is 0 Å². The number of hydrogen-bond donors (Lipinski definition) is 1. The molecule has 0 spiro atoms.